The first-order chi connectivity index (χ1) is 9.90. The molecule has 0 heterocycles. The molecule has 108 valence electrons. The van der Waals surface area contributed by atoms with E-state index in [0.717, 1.165) is 11.6 Å². The van der Waals surface area contributed by atoms with E-state index in [-0.39, 0.29) is 16.9 Å². The number of nitrogens with one attached hydrogen (secondary N) is 1. The van der Waals surface area contributed by atoms with Crippen LogP contribution in [0.4, 0.5) is 15.8 Å². The van der Waals surface area contributed by atoms with Crippen LogP contribution in [-0.4, -0.2) is 17.0 Å². The normalized spacial score (nSPS) is 10.2. The second-order valence-corrected chi connectivity index (χ2v) is 4.51. The van der Waals surface area contributed by atoms with Crippen molar-refractivity contribution in [3.8, 4) is 0 Å². The Balaban J connectivity index is 2.39. The average Bonchev–Trinajstić information content (AvgIpc) is 2.41. The van der Waals surface area contributed by atoms with E-state index in [1.165, 1.54) is 12.1 Å². The summed E-state index contributed by atoms with van der Waals surface area (Å²) in [5, 5.41) is 11.4. The van der Waals surface area contributed by atoms with Crippen LogP contribution in [0.15, 0.2) is 36.4 Å². The largest absolute Gasteiger partial charge is 0.478 e. The molecule has 0 spiro atoms. The molecule has 4 N–H and O–H groups in total. The van der Waals surface area contributed by atoms with Crippen LogP contribution in [0, 0.1) is 12.7 Å². The van der Waals surface area contributed by atoms with Gasteiger partial charge in [0, 0.05) is 5.69 Å². The molecule has 0 bridgehead atoms. The van der Waals surface area contributed by atoms with E-state index < -0.39 is 23.3 Å². The maximum Gasteiger partial charge on any atom is 0.340 e. The number of anilines is 2. The molecular formula is C15H13FN2O3. The van der Waals surface area contributed by atoms with Gasteiger partial charge >= 0.3 is 5.97 Å². The number of carbonyl (C=O) groups is 2. The fraction of sp³-hybridized carbons (Fsp3) is 0.0667. The molecule has 0 radical (unpaired) electrons. The summed E-state index contributed by atoms with van der Waals surface area (Å²) in [5.74, 6) is -2.97. The third kappa shape index (κ3) is 3.00. The van der Waals surface area contributed by atoms with Crippen LogP contribution in [0.25, 0.3) is 0 Å². The van der Waals surface area contributed by atoms with Gasteiger partial charge in [0.2, 0.25) is 0 Å². The second-order valence-electron chi connectivity index (χ2n) is 4.51. The lowest BCUT2D eigenvalue weighted by Gasteiger charge is -2.11. The third-order valence-corrected chi connectivity index (χ3v) is 2.93. The van der Waals surface area contributed by atoms with Gasteiger partial charge in [0.25, 0.3) is 5.91 Å². The Kier molecular flexibility index (Phi) is 3.89. The van der Waals surface area contributed by atoms with Gasteiger partial charge in [-0.15, -0.1) is 0 Å². The van der Waals surface area contributed by atoms with Crippen molar-refractivity contribution >= 4 is 23.3 Å². The number of amides is 1. The van der Waals surface area contributed by atoms with Gasteiger partial charge in [-0.25, -0.2) is 9.18 Å². The van der Waals surface area contributed by atoms with Crippen molar-refractivity contribution in [2.24, 2.45) is 0 Å². The van der Waals surface area contributed by atoms with E-state index in [0.29, 0.717) is 0 Å². The summed E-state index contributed by atoms with van der Waals surface area (Å²) in [7, 11) is 0. The Hall–Kier alpha value is -2.89. The predicted molar refractivity (Wildman–Crippen MR) is 76.9 cm³/mol. The van der Waals surface area contributed by atoms with E-state index in [2.05, 4.69) is 5.32 Å². The van der Waals surface area contributed by atoms with Gasteiger partial charge in [-0.3, -0.25) is 4.79 Å². The summed E-state index contributed by atoms with van der Waals surface area (Å²) in [6.45, 7) is 1.79. The number of carboxylic acid groups (broad SMARTS) is 1. The number of rotatable bonds is 3. The van der Waals surface area contributed by atoms with Gasteiger partial charge in [0.15, 0.2) is 0 Å². The predicted octanol–water partition coefficient (Wildman–Crippen LogP) is 2.67. The van der Waals surface area contributed by atoms with Crippen LogP contribution in [-0.2, 0) is 0 Å². The van der Waals surface area contributed by atoms with Crippen LogP contribution in [0.5, 0.6) is 0 Å². The number of carbonyl (C=O) groups excluding carboxylic acids is 1. The topological polar surface area (TPSA) is 92.4 Å². The highest BCUT2D eigenvalue weighted by atomic mass is 19.1. The number of nitrogen functional groups attached to an aromatic ring is 1. The van der Waals surface area contributed by atoms with E-state index in [1.807, 2.05) is 0 Å². The number of hydrogen-bond acceptors (Lipinski definition) is 3. The first-order valence-electron chi connectivity index (χ1n) is 6.09. The van der Waals surface area contributed by atoms with Gasteiger partial charge in [0.05, 0.1) is 11.3 Å². The van der Waals surface area contributed by atoms with Crippen LogP contribution >= 0.6 is 0 Å². The van der Waals surface area contributed by atoms with Crippen LogP contribution in [0.1, 0.15) is 26.3 Å². The highest BCUT2D eigenvalue weighted by Crippen LogP contribution is 2.21. The molecule has 0 unspecified atom stereocenters. The molecule has 1 amide bonds. The lowest BCUT2D eigenvalue weighted by Crippen LogP contribution is -2.17. The number of halogens is 1. The summed E-state index contributed by atoms with van der Waals surface area (Å²) in [5.41, 5.74) is 6.30. The van der Waals surface area contributed by atoms with E-state index in [1.54, 1.807) is 25.1 Å². The fourth-order valence-corrected chi connectivity index (χ4v) is 1.90. The van der Waals surface area contributed by atoms with E-state index >= 15 is 0 Å². The number of aryl methyl sites for hydroxylation is 1. The minimum Gasteiger partial charge on any atom is -0.478 e. The molecule has 0 saturated heterocycles. The zero-order valence-corrected chi connectivity index (χ0v) is 11.2. The van der Waals surface area contributed by atoms with Crippen molar-refractivity contribution in [1.82, 2.24) is 0 Å². The molecule has 0 aliphatic rings. The third-order valence-electron chi connectivity index (χ3n) is 2.93. The maximum atomic E-state index is 13.5. The van der Waals surface area contributed by atoms with E-state index in [9.17, 15) is 14.0 Å². The first-order valence-corrected chi connectivity index (χ1v) is 6.09. The summed E-state index contributed by atoms with van der Waals surface area (Å²) < 4.78 is 13.5. The quantitative estimate of drug-likeness (QED) is 0.757. The van der Waals surface area contributed by atoms with Gasteiger partial charge in [-0.1, -0.05) is 17.7 Å². The summed E-state index contributed by atoms with van der Waals surface area (Å²) in [6, 6.07) is 8.54. The monoisotopic (exact) mass is 288 g/mol. The Morgan fingerprint density at radius 3 is 2.62 bits per heavy atom. The summed E-state index contributed by atoms with van der Waals surface area (Å²) >= 11 is 0. The molecule has 2 aromatic carbocycles. The van der Waals surface area contributed by atoms with Crippen molar-refractivity contribution in [1.29, 1.82) is 0 Å². The molecule has 2 aromatic rings. The van der Waals surface area contributed by atoms with Gasteiger partial charge in [-0.05, 0) is 31.2 Å². The molecule has 5 nitrogen and oxygen atoms in total. The first kappa shape index (κ1) is 14.5. The number of aromatic carboxylic acids is 1. The second kappa shape index (κ2) is 5.62. The van der Waals surface area contributed by atoms with Gasteiger partial charge in [0.1, 0.15) is 11.4 Å². The molecule has 0 aliphatic carbocycles. The van der Waals surface area contributed by atoms with Crippen molar-refractivity contribution in [3.63, 3.8) is 0 Å². The number of hydrogen-bond donors (Lipinski definition) is 3. The molecule has 0 saturated carbocycles. The molecular weight excluding hydrogens is 275 g/mol. The maximum absolute atomic E-state index is 13.5. The Labute approximate surface area is 120 Å². The minimum atomic E-state index is -1.46. The fourth-order valence-electron chi connectivity index (χ4n) is 1.90. The molecule has 0 aliphatic heterocycles. The Morgan fingerprint density at radius 2 is 1.95 bits per heavy atom. The standard InChI is InChI=1S/C15H13FN2O3/c1-8-5-6-11(17)9(7-8)14(19)18-12-4-2-3-10(16)13(12)15(20)21/h2-7H,17H2,1H3,(H,18,19)(H,20,21). The zero-order valence-electron chi connectivity index (χ0n) is 11.2. The van der Waals surface area contributed by atoms with Crippen LogP contribution < -0.4 is 11.1 Å². The van der Waals surface area contributed by atoms with Gasteiger partial charge < -0.3 is 16.2 Å². The smallest absolute Gasteiger partial charge is 0.340 e. The van der Waals surface area contributed by atoms with Crippen molar-refractivity contribution in [3.05, 3.63) is 58.9 Å². The average molecular weight is 288 g/mol. The molecule has 21 heavy (non-hydrogen) atoms. The van der Waals surface area contributed by atoms with Crippen molar-refractivity contribution in [2.45, 2.75) is 6.92 Å². The van der Waals surface area contributed by atoms with Crippen molar-refractivity contribution in [2.75, 3.05) is 11.1 Å². The SMILES string of the molecule is Cc1ccc(N)c(C(=O)Nc2cccc(F)c2C(=O)O)c1. The highest BCUT2D eigenvalue weighted by molar-refractivity contribution is 6.10. The number of nitrogens with two attached hydrogens (primary N) is 1. The molecule has 0 fully saturated rings. The molecule has 2 rings (SSSR count). The lowest BCUT2D eigenvalue weighted by molar-refractivity contribution is 0.0693. The van der Waals surface area contributed by atoms with E-state index in [4.69, 9.17) is 10.8 Å². The minimum absolute atomic E-state index is 0.117. The van der Waals surface area contributed by atoms with Gasteiger partial charge in [-0.2, -0.15) is 0 Å². The zero-order chi connectivity index (χ0) is 15.6. The Morgan fingerprint density at radius 1 is 1.24 bits per heavy atom. The van der Waals surface area contributed by atoms with Crippen LogP contribution in [0.2, 0.25) is 0 Å². The molecule has 0 aromatic heterocycles. The lowest BCUT2D eigenvalue weighted by atomic mass is 10.1. The summed E-state index contributed by atoms with van der Waals surface area (Å²) in [4.78, 5) is 23.2. The summed E-state index contributed by atoms with van der Waals surface area (Å²) in [6.07, 6.45) is 0. The van der Waals surface area contributed by atoms with Crippen molar-refractivity contribution < 1.29 is 19.1 Å². The molecule has 0 atom stereocenters. The number of benzene rings is 2. The van der Waals surface area contributed by atoms with Crippen LogP contribution in [0.3, 0.4) is 0 Å². The molecule has 6 heteroatoms. The highest BCUT2D eigenvalue weighted by Gasteiger charge is 2.18. The Bertz CT molecular complexity index is 729. The number of carboxylic acids is 1.